The molecule has 1 N–H and O–H groups in total. The van der Waals surface area contributed by atoms with Gasteiger partial charge in [0.1, 0.15) is 0 Å². The van der Waals surface area contributed by atoms with Gasteiger partial charge in [0.2, 0.25) is 0 Å². The zero-order valence-electron chi connectivity index (χ0n) is 6.15. The number of carbonyl (C=O) groups is 1. The monoisotopic (exact) mass is 162 g/mol. The first-order chi connectivity index (χ1) is 4.54. The van der Waals surface area contributed by atoms with Crippen molar-refractivity contribution in [1.82, 2.24) is 10.2 Å². The Labute approximate surface area is 65.6 Å². The van der Waals surface area contributed by atoms with Crippen molar-refractivity contribution < 1.29 is 4.79 Å². The van der Waals surface area contributed by atoms with Crippen molar-refractivity contribution in [3.05, 3.63) is 11.6 Å². The van der Waals surface area contributed by atoms with Gasteiger partial charge in [0.05, 0.1) is 6.54 Å². The van der Waals surface area contributed by atoms with Crippen molar-refractivity contribution in [3.8, 4) is 0 Å². The summed E-state index contributed by atoms with van der Waals surface area (Å²) in [4.78, 5) is 12.2. The maximum absolute atomic E-state index is 10.8. The van der Waals surface area contributed by atoms with Crippen LogP contribution in [0.1, 0.15) is 0 Å². The standard InChI is InChI=1S/C6H11ClN2O/c1-5(7)4-8-6(10)9(2)3/h1,4H2,2-3H3,(H,8,10). The summed E-state index contributed by atoms with van der Waals surface area (Å²) in [5.74, 6) is 0. The van der Waals surface area contributed by atoms with E-state index in [1.165, 1.54) is 4.90 Å². The third kappa shape index (κ3) is 4.21. The van der Waals surface area contributed by atoms with Gasteiger partial charge in [0, 0.05) is 19.1 Å². The lowest BCUT2D eigenvalue weighted by Crippen LogP contribution is -2.34. The van der Waals surface area contributed by atoms with Crippen molar-refractivity contribution in [2.24, 2.45) is 0 Å². The first kappa shape index (κ1) is 9.30. The molecule has 0 atom stereocenters. The molecule has 0 unspecified atom stereocenters. The van der Waals surface area contributed by atoms with Crippen molar-refractivity contribution in [2.75, 3.05) is 20.6 Å². The molecule has 0 aromatic carbocycles. The average Bonchev–Trinajstić information content (AvgIpc) is 1.82. The number of halogens is 1. The average molecular weight is 163 g/mol. The van der Waals surface area contributed by atoms with E-state index in [0.29, 0.717) is 11.6 Å². The molecule has 10 heavy (non-hydrogen) atoms. The van der Waals surface area contributed by atoms with E-state index in [2.05, 4.69) is 11.9 Å². The molecular formula is C6H11ClN2O. The number of hydrogen-bond acceptors (Lipinski definition) is 1. The van der Waals surface area contributed by atoms with Crippen LogP contribution in [0.2, 0.25) is 0 Å². The summed E-state index contributed by atoms with van der Waals surface area (Å²) in [6.07, 6.45) is 0. The fourth-order valence-corrected chi connectivity index (χ4v) is 0.396. The summed E-state index contributed by atoms with van der Waals surface area (Å²) >= 11 is 5.40. The Hall–Kier alpha value is -0.700. The molecule has 0 aliphatic heterocycles. The van der Waals surface area contributed by atoms with Gasteiger partial charge in [-0.05, 0) is 0 Å². The summed E-state index contributed by atoms with van der Waals surface area (Å²) in [6.45, 7) is 3.74. The van der Waals surface area contributed by atoms with Crippen molar-refractivity contribution in [2.45, 2.75) is 0 Å². The van der Waals surface area contributed by atoms with Gasteiger partial charge in [-0.3, -0.25) is 0 Å². The quantitative estimate of drug-likeness (QED) is 0.646. The van der Waals surface area contributed by atoms with E-state index < -0.39 is 0 Å². The maximum Gasteiger partial charge on any atom is 0.317 e. The topological polar surface area (TPSA) is 32.3 Å². The molecule has 0 radical (unpaired) electrons. The lowest BCUT2D eigenvalue weighted by molar-refractivity contribution is 0.218. The number of nitrogens with zero attached hydrogens (tertiary/aromatic N) is 1. The Bertz CT molecular complexity index is 145. The number of hydrogen-bond donors (Lipinski definition) is 1. The van der Waals surface area contributed by atoms with Gasteiger partial charge in [-0.25, -0.2) is 4.79 Å². The predicted molar refractivity (Wildman–Crippen MR) is 42.1 cm³/mol. The molecule has 0 saturated carbocycles. The molecule has 0 aromatic heterocycles. The van der Waals surface area contributed by atoms with Crippen molar-refractivity contribution >= 4 is 17.6 Å². The van der Waals surface area contributed by atoms with Gasteiger partial charge in [0.15, 0.2) is 0 Å². The van der Waals surface area contributed by atoms with Crippen molar-refractivity contribution in [1.29, 1.82) is 0 Å². The van der Waals surface area contributed by atoms with Crippen LogP contribution in [0.25, 0.3) is 0 Å². The molecule has 0 fully saturated rings. The predicted octanol–water partition coefficient (Wildman–Crippen LogP) is 1.01. The highest BCUT2D eigenvalue weighted by atomic mass is 35.5. The van der Waals surface area contributed by atoms with Gasteiger partial charge in [-0.15, -0.1) is 0 Å². The van der Waals surface area contributed by atoms with Gasteiger partial charge in [0.25, 0.3) is 0 Å². The van der Waals surface area contributed by atoms with E-state index in [-0.39, 0.29) is 6.03 Å². The normalized spacial score (nSPS) is 8.70. The largest absolute Gasteiger partial charge is 0.333 e. The van der Waals surface area contributed by atoms with Gasteiger partial charge in [-0.2, -0.15) is 0 Å². The highest BCUT2D eigenvalue weighted by molar-refractivity contribution is 6.29. The zero-order chi connectivity index (χ0) is 8.15. The summed E-state index contributed by atoms with van der Waals surface area (Å²) in [5, 5.41) is 2.96. The molecule has 0 bridgehead atoms. The van der Waals surface area contributed by atoms with E-state index in [9.17, 15) is 4.79 Å². The Morgan fingerprint density at radius 3 is 2.50 bits per heavy atom. The molecule has 0 aromatic rings. The summed E-state index contributed by atoms with van der Waals surface area (Å²) in [6, 6.07) is -0.165. The second-order valence-electron chi connectivity index (χ2n) is 2.07. The molecule has 58 valence electrons. The molecule has 0 rings (SSSR count). The maximum atomic E-state index is 10.8. The first-order valence-electron chi connectivity index (χ1n) is 2.82. The Balaban J connectivity index is 3.50. The lowest BCUT2D eigenvalue weighted by Gasteiger charge is -2.10. The van der Waals surface area contributed by atoms with Crippen LogP contribution in [0.3, 0.4) is 0 Å². The van der Waals surface area contributed by atoms with Crippen molar-refractivity contribution in [3.63, 3.8) is 0 Å². The van der Waals surface area contributed by atoms with E-state index >= 15 is 0 Å². The molecule has 0 saturated heterocycles. The zero-order valence-corrected chi connectivity index (χ0v) is 6.90. The molecule has 0 aliphatic rings. The van der Waals surface area contributed by atoms with E-state index in [1.807, 2.05) is 0 Å². The van der Waals surface area contributed by atoms with Crippen LogP contribution in [0.15, 0.2) is 11.6 Å². The molecule has 3 nitrogen and oxygen atoms in total. The Morgan fingerprint density at radius 1 is 1.70 bits per heavy atom. The Kier molecular flexibility index (Phi) is 3.88. The summed E-state index contributed by atoms with van der Waals surface area (Å²) in [5.41, 5.74) is 0. The third-order valence-electron chi connectivity index (χ3n) is 0.838. The van der Waals surface area contributed by atoms with E-state index in [0.717, 1.165) is 0 Å². The molecule has 0 aliphatic carbocycles. The smallest absolute Gasteiger partial charge is 0.317 e. The SMILES string of the molecule is C=C(Cl)CNC(=O)N(C)C. The summed E-state index contributed by atoms with van der Waals surface area (Å²) in [7, 11) is 3.32. The summed E-state index contributed by atoms with van der Waals surface area (Å²) < 4.78 is 0. The Morgan fingerprint density at radius 2 is 2.20 bits per heavy atom. The number of nitrogens with one attached hydrogen (secondary N) is 1. The number of urea groups is 1. The van der Waals surface area contributed by atoms with Crippen LogP contribution in [0.4, 0.5) is 4.79 Å². The van der Waals surface area contributed by atoms with Gasteiger partial charge in [-0.1, -0.05) is 18.2 Å². The second-order valence-corrected chi connectivity index (χ2v) is 2.60. The van der Waals surface area contributed by atoms with Crippen LogP contribution in [-0.4, -0.2) is 31.6 Å². The second kappa shape index (κ2) is 4.17. The molecular weight excluding hydrogens is 152 g/mol. The van der Waals surface area contributed by atoms with Crippen LogP contribution < -0.4 is 5.32 Å². The first-order valence-corrected chi connectivity index (χ1v) is 3.20. The molecule has 0 heterocycles. The van der Waals surface area contributed by atoms with Crippen LogP contribution in [-0.2, 0) is 0 Å². The highest BCUT2D eigenvalue weighted by Gasteiger charge is 2.00. The van der Waals surface area contributed by atoms with Crippen LogP contribution >= 0.6 is 11.6 Å². The van der Waals surface area contributed by atoms with Gasteiger partial charge < -0.3 is 10.2 Å². The van der Waals surface area contributed by atoms with Crippen LogP contribution in [0, 0.1) is 0 Å². The molecule has 0 spiro atoms. The van der Waals surface area contributed by atoms with Crippen LogP contribution in [0.5, 0.6) is 0 Å². The van der Waals surface area contributed by atoms with E-state index in [1.54, 1.807) is 14.1 Å². The van der Waals surface area contributed by atoms with Gasteiger partial charge >= 0.3 is 6.03 Å². The number of carbonyl (C=O) groups excluding carboxylic acids is 1. The third-order valence-corrected chi connectivity index (χ3v) is 0.971. The fourth-order valence-electron chi connectivity index (χ4n) is 0.330. The minimum absolute atomic E-state index is 0.165. The minimum Gasteiger partial charge on any atom is -0.333 e. The lowest BCUT2D eigenvalue weighted by atomic mass is 10.6. The minimum atomic E-state index is -0.165. The molecule has 4 heteroatoms. The van der Waals surface area contributed by atoms with E-state index in [4.69, 9.17) is 11.6 Å². The number of amides is 2. The highest BCUT2D eigenvalue weighted by Crippen LogP contribution is 1.92. The number of rotatable bonds is 2. The molecule has 2 amide bonds. The fraction of sp³-hybridized carbons (Fsp3) is 0.500.